The summed E-state index contributed by atoms with van der Waals surface area (Å²) in [6.45, 7) is 5.59. The summed E-state index contributed by atoms with van der Waals surface area (Å²) in [7, 11) is 2.19. The second kappa shape index (κ2) is 8.29. The summed E-state index contributed by atoms with van der Waals surface area (Å²) in [6, 6.07) is 22.6. The SMILES string of the molecule is CN1CCN(Cc2ccc(Nc3ccc(-c4ccccc4)nn3)cc2)CC1. The van der Waals surface area contributed by atoms with Crippen molar-refractivity contribution in [3.8, 4) is 11.3 Å². The fourth-order valence-electron chi connectivity index (χ4n) is 3.27. The van der Waals surface area contributed by atoms with Crippen LogP contribution in [0.2, 0.25) is 0 Å². The van der Waals surface area contributed by atoms with E-state index in [0.29, 0.717) is 0 Å². The van der Waals surface area contributed by atoms with E-state index >= 15 is 0 Å². The number of rotatable bonds is 5. The summed E-state index contributed by atoms with van der Waals surface area (Å²) in [4.78, 5) is 4.89. The maximum Gasteiger partial charge on any atom is 0.153 e. The summed E-state index contributed by atoms with van der Waals surface area (Å²) in [6.07, 6.45) is 0. The fraction of sp³-hybridized carbons (Fsp3) is 0.273. The van der Waals surface area contributed by atoms with Gasteiger partial charge in [0.1, 0.15) is 0 Å². The van der Waals surface area contributed by atoms with Crippen LogP contribution in [0.3, 0.4) is 0 Å². The number of nitrogens with one attached hydrogen (secondary N) is 1. The third-order valence-electron chi connectivity index (χ3n) is 4.96. The Labute approximate surface area is 160 Å². The molecule has 0 aliphatic carbocycles. The van der Waals surface area contributed by atoms with Gasteiger partial charge in [-0.05, 0) is 36.9 Å². The van der Waals surface area contributed by atoms with Crippen molar-refractivity contribution in [3.63, 3.8) is 0 Å². The lowest BCUT2D eigenvalue weighted by Gasteiger charge is -2.32. The molecule has 0 unspecified atom stereocenters. The van der Waals surface area contributed by atoms with E-state index in [9.17, 15) is 0 Å². The van der Waals surface area contributed by atoms with Gasteiger partial charge in [0.2, 0.25) is 0 Å². The molecule has 1 aliphatic rings. The molecule has 2 heterocycles. The lowest BCUT2D eigenvalue weighted by Crippen LogP contribution is -2.43. The molecule has 138 valence electrons. The molecule has 1 N–H and O–H groups in total. The van der Waals surface area contributed by atoms with Gasteiger partial charge in [-0.2, -0.15) is 0 Å². The van der Waals surface area contributed by atoms with Gasteiger partial charge in [-0.25, -0.2) is 0 Å². The quantitative estimate of drug-likeness (QED) is 0.754. The van der Waals surface area contributed by atoms with Crippen LogP contribution in [0.1, 0.15) is 5.56 Å². The van der Waals surface area contributed by atoms with Crippen molar-refractivity contribution in [2.24, 2.45) is 0 Å². The van der Waals surface area contributed by atoms with Crippen LogP contribution in [0, 0.1) is 0 Å². The number of hydrogen-bond donors (Lipinski definition) is 1. The van der Waals surface area contributed by atoms with Crippen molar-refractivity contribution < 1.29 is 0 Å². The zero-order valence-electron chi connectivity index (χ0n) is 15.7. The molecule has 5 nitrogen and oxygen atoms in total. The van der Waals surface area contributed by atoms with Gasteiger partial charge in [0.15, 0.2) is 5.82 Å². The van der Waals surface area contributed by atoms with Gasteiger partial charge in [-0.3, -0.25) is 4.90 Å². The predicted molar refractivity (Wildman–Crippen MR) is 110 cm³/mol. The molecule has 1 aliphatic heterocycles. The molecule has 0 saturated carbocycles. The Hall–Kier alpha value is -2.76. The smallest absolute Gasteiger partial charge is 0.153 e. The Bertz CT molecular complexity index is 838. The normalized spacial score (nSPS) is 15.6. The summed E-state index contributed by atoms with van der Waals surface area (Å²) < 4.78 is 0. The lowest BCUT2D eigenvalue weighted by atomic mass is 10.1. The molecule has 0 spiro atoms. The molecule has 0 amide bonds. The minimum absolute atomic E-state index is 0.751. The van der Waals surface area contributed by atoms with Gasteiger partial charge in [-0.1, -0.05) is 42.5 Å². The Balaban J connectivity index is 1.35. The van der Waals surface area contributed by atoms with Crippen LogP contribution < -0.4 is 5.32 Å². The van der Waals surface area contributed by atoms with Crippen molar-refractivity contribution in [1.82, 2.24) is 20.0 Å². The van der Waals surface area contributed by atoms with E-state index in [1.54, 1.807) is 0 Å². The summed E-state index contributed by atoms with van der Waals surface area (Å²) in [5.74, 6) is 0.751. The van der Waals surface area contributed by atoms with E-state index in [1.807, 2.05) is 42.5 Å². The molecule has 3 aromatic rings. The highest BCUT2D eigenvalue weighted by molar-refractivity contribution is 5.61. The standard InChI is InChI=1S/C22H25N5/c1-26-13-15-27(16-14-26)17-18-7-9-20(10-8-18)23-22-12-11-21(24-25-22)19-5-3-2-4-6-19/h2-12H,13-17H2,1H3,(H,23,25). The summed E-state index contributed by atoms with van der Waals surface area (Å²) in [5, 5.41) is 11.9. The van der Waals surface area contributed by atoms with E-state index < -0.39 is 0 Å². The first-order chi connectivity index (χ1) is 13.3. The second-order valence-corrected chi connectivity index (χ2v) is 7.07. The van der Waals surface area contributed by atoms with E-state index in [4.69, 9.17) is 0 Å². The molecule has 0 atom stereocenters. The fourth-order valence-corrected chi connectivity index (χ4v) is 3.27. The van der Waals surface area contributed by atoms with Crippen molar-refractivity contribution in [3.05, 3.63) is 72.3 Å². The maximum atomic E-state index is 4.32. The summed E-state index contributed by atoms with van der Waals surface area (Å²) in [5.41, 5.74) is 4.32. The first-order valence-electron chi connectivity index (χ1n) is 9.42. The predicted octanol–water partition coefficient (Wildman–Crippen LogP) is 3.63. The van der Waals surface area contributed by atoms with E-state index in [0.717, 1.165) is 55.5 Å². The van der Waals surface area contributed by atoms with Gasteiger partial charge in [-0.15, -0.1) is 10.2 Å². The van der Waals surface area contributed by atoms with Crippen molar-refractivity contribution in [2.75, 3.05) is 38.5 Å². The van der Waals surface area contributed by atoms with E-state index in [-0.39, 0.29) is 0 Å². The maximum absolute atomic E-state index is 4.32. The van der Waals surface area contributed by atoms with Gasteiger partial charge in [0, 0.05) is 44.0 Å². The van der Waals surface area contributed by atoms with Gasteiger partial charge in [0.05, 0.1) is 5.69 Å². The lowest BCUT2D eigenvalue weighted by molar-refractivity contribution is 0.148. The third kappa shape index (κ3) is 4.70. The van der Waals surface area contributed by atoms with Crippen molar-refractivity contribution in [1.29, 1.82) is 0 Å². The Morgan fingerprint density at radius 1 is 0.815 bits per heavy atom. The molecule has 1 fully saturated rings. The Kier molecular flexibility index (Phi) is 5.42. The zero-order valence-corrected chi connectivity index (χ0v) is 15.7. The molecular weight excluding hydrogens is 334 g/mol. The van der Waals surface area contributed by atoms with Crippen LogP contribution >= 0.6 is 0 Å². The Morgan fingerprint density at radius 3 is 2.22 bits per heavy atom. The van der Waals surface area contributed by atoms with Crippen LogP contribution in [0.25, 0.3) is 11.3 Å². The number of hydrogen-bond acceptors (Lipinski definition) is 5. The van der Waals surface area contributed by atoms with E-state index in [2.05, 4.69) is 56.6 Å². The first kappa shape index (κ1) is 17.6. The third-order valence-corrected chi connectivity index (χ3v) is 4.96. The van der Waals surface area contributed by atoms with Crippen molar-refractivity contribution >= 4 is 11.5 Å². The minimum atomic E-state index is 0.751. The number of anilines is 2. The number of likely N-dealkylation sites (N-methyl/N-ethyl adjacent to an activating group) is 1. The highest BCUT2D eigenvalue weighted by Gasteiger charge is 2.13. The zero-order chi connectivity index (χ0) is 18.5. The van der Waals surface area contributed by atoms with Crippen LogP contribution in [0.4, 0.5) is 11.5 Å². The average Bonchev–Trinajstić information content (AvgIpc) is 2.72. The molecule has 0 bridgehead atoms. The molecule has 5 heteroatoms. The van der Waals surface area contributed by atoms with Crippen LogP contribution in [0.15, 0.2) is 66.7 Å². The van der Waals surface area contributed by atoms with Crippen LogP contribution in [-0.4, -0.2) is 53.2 Å². The molecular formula is C22H25N5. The van der Waals surface area contributed by atoms with Crippen molar-refractivity contribution in [2.45, 2.75) is 6.54 Å². The first-order valence-corrected chi connectivity index (χ1v) is 9.42. The van der Waals surface area contributed by atoms with Crippen LogP contribution in [-0.2, 0) is 6.54 Å². The monoisotopic (exact) mass is 359 g/mol. The average molecular weight is 359 g/mol. The Morgan fingerprint density at radius 2 is 1.56 bits per heavy atom. The molecule has 2 aromatic carbocycles. The minimum Gasteiger partial charge on any atom is -0.339 e. The number of benzene rings is 2. The molecule has 4 rings (SSSR count). The topological polar surface area (TPSA) is 44.3 Å². The highest BCUT2D eigenvalue weighted by Crippen LogP contribution is 2.19. The van der Waals surface area contributed by atoms with Gasteiger partial charge >= 0.3 is 0 Å². The highest BCUT2D eigenvalue weighted by atomic mass is 15.2. The van der Waals surface area contributed by atoms with Gasteiger partial charge < -0.3 is 10.2 Å². The number of aromatic nitrogens is 2. The number of nitrogens with zero attached hydrogens (tertiary/aromatic N) is 4. The molecule has 27 heavy (non-hydrogen) atoms. The molecule has 0 radical (unpaired) electrons. The van der Waals surface area contributed by atoms with Gasteiger partial charge in [0.25, 0.3) is 0 Å². The molecule has 1 aromatic heterocycles. The largest absolute Gasteiger partial charge is 0.339 e. The molecule has 1 saturated heterocycles. The van der Waals surface area contributed by atoms with E-state index in [1.165, 1.54) is 5.56 Å². The summed E-state index contributed by atoms with van der Waals surface area (Å²) >= 11 is 0. The number of piperazine rings is 1. The van der Waals surface area contributed by atoms with Crippen LogP contribution in [0.5, 0.6) is 0 Å². The second-order valence-electron chi connectivity index (χ2n) is 7.07.